The molecule has 1 amide bonds. The van der Waals surface area contributed by atoms with Gasteiger partial charge in [-0.05, 0) is 50.2 Å². The topological polar surface area (TPSA) is 101 Å². The second-order valence-electron chi connectivity index (χ2n) is 6.28. The number of thiazole rings is 1. The average molecular weight is 403 g/mol. The van der Waals surface area contributed by atoms with Crippen LogP contribution in [-0.2, 0) is 15.6 Å². The fraction of sp³-hybridized carbons (Fsp3) is 0.167. The Hall–Kier alpha value is -2.78. The Bertz CT molecular complexity index is 1020. The lowest BCUT2D eigenvalue weighted by Crippen LogP contribution is -2.40. The van der Waals surface area contributed by atoms with Crippen LogP contribution in [0.25, 0.3) is 0 Å². The summed E-state index contributed by atoms with van der Waals surface area (Å²) in [7, 11) is -3.74. The molecule has 3 aromatic rings. The van der Waals surface area contributed by atoms with Crippen LogP contribution in [0.4, 0.5) is 5.69 Å². The number of hydrogen-bond donors (Lipinski definition) is 2. The van der Waals surface area contributed by atoms with E-state index in [4.69, 9.17) is 0 Å². The van der Waals surface area contributed by atoms with Gasteiger partial charge in [0.25, 0.3) is 15.9 Å². The molecule has 0 atom stereocenters. The molecule has 1 aromatic carbocycles. The quantitative estimate of drug-likeness (QED) is 0.660. The Morgan fingerprint density at radius 3 is 2.30 bits per heavy atom. The minimum absolute atomic E-state index is 0.0649. The van der Waals surface area contributed by atoms with Crippen molar-refractivity contribution in [3.05, 3.63) is 70.9 Å². The van der Waals surface area contributed by atoms with Crippen molar-refractivity contribution in [3.8, 4) is 0 Å². The third kappa shape index (κ3) is 4.50. The summed E-state index contributed by atoms with van der Waals surface area (Å²) in [6.45, 7) is 3.72. The van der Waals surface area contributed by atoms with Crippen LogP contribution in [0.2, 0.25) is 0 Å². The highest BCUT2D eigenvalue weighted by Crippen LogP contribution is 2.23. The van der Waals surface area contributed by atoms with Crippen LogP contribution in [0.5, 0.6) is 0 Å². The number of benzene rings is 1. The van der Waals surface area contributed by atoms with E-state index in [0.29, 0.717) is 11.3 Å². The smallest absolute Gasteiger partial charge is 0.261 e. The van der Waals surface area contributed by atoms with Gasteiger partial charge in [-0.25, -0.2) is 13.4 Å². The van der Waals surface area contributed by atoms with Crippen molar-refractivity contribution in [1.29, 1.82) is 0 Å². The van der Waals surface area contributed by atoms with Gasteiger partial charge in [-0.15, -0.1) is 11.3 Å². The molecule has 2 N–H and O–H groups in total. The van der Waals surface area contributed by atoms with Crippen molar-refractivity contribution in [1.82, 2.24) is 15.3 Å². The maximum Gasteiger partial charge on any atom is 0.261 e. The van der Waals surface area contributed by atoms with E-state index in [0.717, 1.165) is 5.01 Å². The summed E-state index contributed by atoms with van der Waals surface area (Å²) in [5.41, 5.74) is 0.151. The predicted molar refractivity (Wildman–Crippen MR) is 104 cm³/mol. The third-order valence-electron chi connectivity index (χ3n) is 3.75. The first kappa shape index (κ1) is 19.0. The van der Waals surface area contributed by atoms with Crippen molar-refractivity contribution in [2.24, 2.45) is 0 Å². The lowest BCUT2D eigenvalue weighted by atomic mass is 10.1. The largest absolute Gasteiger partial charge is 0.341 e. The van der Waals surface area contributed by atoms with E-state index in [-0.39, 0.29) is 10.8 Å². The van der Waals surface area contributed by atoms with E-state index >= 15 is 0 Å². The molecule has 0 unspecified atom stereocenters. The number of hydrogen-bond acceptors (Lipinski definition) is 6. The zero-order chi connectivity index (χ0) is 19.5. The molecule has 2 heterocycles. The summed E-state index contributed by atoms with van der Waals surface area (Å²) in [5.74, 6) is -0.304. The van der Waals surface area contributed by atoms with Gasteiger partial charge in [0.15, 0.2) is 0 Å². The Morgan fingerprint density at radius 2 is 1.70 bits per heavy atom. The molecule has 0 fully saturated rings. The fourth-order valence-electron chi connectivity index (χ4n) is 2.36. The monoisotopic (exact) mass is 402 g/mol. The third-order valence-corrected chi connectivity index (χ3v) is 6.25. The second kappa shape index (κ2) is 7.45. The number of pyridine rings is 1. The zero-order valence-corrected chi connectivity index (χ0v) is 16.3. The molecular formula is C18H18N4O3S2. The maximum absolute atomic E-state index is 12.5. The highest BCUT2D eigenvalue weighted by Gasteiger charge is 2.26. The van der Waals surface area contributed by atoms with Gasteiger partial charge in [0.05, 0.1) is 16.1 Å². The highest BCUT2D eigenvalue weighted by atomic mass is 32.2. The first-order chi connectivity index (χ1) is 12.8. The number of anilines is 1. The molecule has 0 saturated heterocycles. The van der Waals surface area contributed by atoms with E-state index in [1.54, 1.807) is 18.3 Å². The van der Waals surface area contributed by atoms with Gasteiger partial charge >= 0.3 is 0 Å². The number of amides is 1. The van der Waals surface area contributed by atoms with Gasteiger partial charge < -0.3 is 5.32 Å². The highest BCUT2D eigenvalue weighted by molar-refractivity contribution is 7.92. The number of nitrogens with one attached hydrogen (secondary N) is 2. The molecule has 27 heavy (non-hydrogen) atoms. The summed E-state index contributed by atoms with van der Waals surface area (Å²) in [5, 5.41) is 5.54. The molecule has 0 bridgehead atoms. The molecule has 0 aliphatic rings. The number of nitrogens with zero attached hydrogens (tertiary/aromatic N) is 2. The van der Waals surface area contributed by atoms with Crippen LogP contribution in [-0.4, -0.2) is 24.3 Å². The second-order valence-corrected chi connectivity index (χ2v) is 8.86. The lowest BCUT2D eigenvalue weighted by Gasteiger charge is -2.23. The molecule has 3 rings (SSSR count). The van der Waals surface area contributed by atoms with Crippen LogP contribution in [0, 0.1) is 0 Å². The molecule has 2 aromatic heterocycles. The minimum atomic E-state index is -3.74. The van der Waals surface area contributed by atoms with Gasteiger partial charge in [0.2, 0.25) is 0 Å². The molecule has 9 heteroatoms. The molecule has 0 saturated carbocycles. The summed E-state index contributed by atoms with van der Waals surface area (Å²) >= 11 is 1.46. The van der Waals surface area contributed by atoms with Crippen molar-refractivity contribution in [2.45, 2.75) is 24.3 Å². The van der Waals surface area contributed by atoms with E-state index in [9.17, 15) is 13.2 Å². The summed E-state index contributed by atoms with van der Waals surface area (Å²) in [4.78, 5) is 20.6. The Morgan fingerprint density at radius 1 is 1.04 bits per heavy atom. The van der Waals surface area contributed by atoms with Gasteiger partial charge in [-0.1, -0.05) is 0 Å². The Balaban J connectivity index is 1.74. The molecule has 0 spiro atoms. The van der Waals surface area contributed by atoms with Crippen molar-refractivity contribution in [3.63, 3.8) is 0 Å². The van der Waals surface area contributed by atoms with Gasteiger partial charge in [0, 0.05) is 29.5 Å². The molecule has 140 valence electrons. The number of aromatic nitrogens is 2. The standard InChI is InChI=1S/C18H18N4O3S2/c1-18(2,17-20-11-12-26-17)21-16(23)13-3-5-15(6-4-13)27(24,25)22-14-7-9-19-10-8-14/h3-12H,1-2H3,(H,19,22)(H,21,23). The van der Waals surface area contributed by atoms with Crippen LogP contribution in [0.3, 0.4) is 0 Å². The minimum Gasteiger partial charge on any atom is -0.341 e. The van der Waals surface area contributed by atoms with Gasteiger partial charge in [-0.3, -0.25) is 14.5 Å². The molecule has 0 aliphatic carbocycles. The Labute approximate surface area is 161 Å². The number of carbonyl (C=O) groups is 1. The van der Waals surface area contributed by atoms with E-state index in [2.05, 4.69) is 20.0 Å². The molecule has 0 aliphatic heterocycles. The molecule has 0 radical (unpaired) electrons. The maximum atomic E-state index is 12.5. The first-order valence-corrected chi connectivity index (χ1v) is 10.4. The molecule has 7 nitrogen and oxygen atoms in total. The first-order valence-electron chi connectivity index (χ1n) is 8.03. The number of sulfonamides is 1. The van der Waals surface area contributed by atoms with Crippen LogP contribution in [0.15, 0.2) is 65.3 Å². The number of carbonyl (C=O) groups excluding carboxylic acids is 1. The molecular weight excluding hydrogens is 384 g/mol. The Kier molecular flexibility index (Phi) is 5.24. The van der Waals surface area contributed by atoms with Crippen LogP contribution in [0.1, 0.15) is 29.2 Å². The summed E-state index contributed by atoms with van der Waals surface area (Å²) in [6.07, 6.45) is 4.67. The van der Waals surface area contributed by atoms with E-state index in [1.165, 1.54) is 48.0 Å². The summed E-state index contributed by atoms with van der Waals surface area (Å²) < 4.78 is 27.3. The SMILES string of the molecule is CC(C)(NC(=O)c1ccc(S(=O)(=O)Nc2ccncc2)cc1)c1nccs1. The van der Waals surface area contributed by atoms with E-state index < -0.39 is 15.6 Å². The average Bonchev–Trinajstić information content (AvgIpc) is 3.18. The van der Waals surface area contributed by atoms with Gasteiger partial charge in [0.1, 0.15) is 5.01 Å². The van der Waals surface area contributed by atoms with Crippen molar-refractivity contribution in [2.75, 3.05) is 4.72 Å². The zero-order valence-electron chi connectivity index (χ0n) is 14.7. The van der Waals surface area contributed by atoms with Crippen LogP contribution >= 0.6 is 11.3 Å². The van der Waals surface area contributed by atoms with E-state index in [1.807, 2.05) is 19.2 Å². The lowest BCUT2D eigenvalue weighted by molar-refractivity contribution is 0.0912. The summed E-state index contributed by atoms with van der Waals surface area (Å²) in [6, 6.07) is 8.87. The van der Waals surface area contributed by atoms with Crippen molar-refractivity contribution >= 4 is 33.0 Å². The van der Waals surface area contributed by atoms with Gasteiger partial charge in [-0.2, -0.15) is 0 Å². The van der Waals surface area contributed by atoms with Crippen molar-refractivity contribution < 1.29 is 13.2 Å². The fourth-order valence-corrected chi connectivity index (χ4v) is 4.14. The number of rotatable bonds is 6. The predicted octanol–water partition coefficient (Wildman–Crippen LogP) is 3.00. The normalized spacial score (nSPS) is 11.8. The van der Waals surface area contributed by atoms with Crippen LogP contribution < -0.4 is 10.0 Å².